The lowest BCUT2D eigenvalue weighted by molar-refractivity contribution is -0.141. The van der Waals surface area contributed by atoms with E-state index in [9.17, 15) is 18.9 Å². The van der Waals surface area contributed by atoms with Crippen LogP contribution in [-0.2, 0) is 15.6 Å². The number of nitrogens with zero attached hydrogens (tertiary/aromatic N) is 1. The molecule has 0 aromatic rings. The first-order chi connectivity index (χ1) is 9.47. The minimum atomic E-state index is -0.957. The van der Waals surface area contributed by atoms with E-state index in [1.54, 1.807) is 6.26 Å². The second-order valence-electron chi connectivity index (χ2n) is 4.70. The summed E-state index contributed by atoms with van der Waals surface area (Å²) in [6, 6.07) is -1.08. The van der Waals surface area contributed by atoms with Crippen molar-refractivity contribution >= 4 is 34.6 Å². The molecule has 0 spiro atoms. The van der Waals surface area contributed by atoms with Crippen molar-refractivity contribution < 1.29 is 18.9 Å². The Morgan fingerprint density at radius 2 is 2.20 bits per heavy atom. The summed E-state index contributed by atoms with van der Waals surface area (Å²) in [7, 11) is -0.870. The van der Waals surface area contributed by atoms with E-state index in [0.29, 0.717) is 24.5 Å². The van der Waals surface area contributed by atoms with Crippen LogP contribution in [0.5, 0.6) is 0 Å². The summed E-state index contributed by atoms with van der Waals surface area (Å²) in [5.41, 5.74) is 0. The van der Waals surface area contributed by atoms with Crippen LogP contribution in [0.15, 0.2) is 0 Å². The van der Waals surface area contributed by atoms with E-state index >= 15 is 0 Å². The van der Waals surface area contributed by atoms with Crippen LogP contribution in [0.1, 0.15) is 26.2 Å². The van der Waals surface area contributed by atoms with Gasteiger partial charge in [-0.2, -0.15) is 0 Å². The Bertz CT molecular complexity index is 378. The number of thioether (sulfide) groups is 1. The third-order valence-corrected chi connectivity index (χ3v) is 5.25. The lowest BCUT2D eigenvalue weighted by Gasteiger charge is -2.27. The van der Waals surface area contributed by atoms with Gasteiger partial charge in [-0.05, 0) is 12.8 Å². The average molecular weight is 322 g/mol. The molecule has 2 N–H and O–H groups in total. The Morgan fingerprint density at radius 1 is 1.50 bits per heavy atom. The molecule has 3 unspecified atom stereocenters. The van der Waals surface area contributed by atoms with Gasteiger partial charge in [0.1, 0.15) is 6.04 Å². The predicted octanol–water partition coefficient (Wildman–Crippen LogP) is 1.09. The smallest absolute Gasteiger partial charge is 0.327 e. The maximum absolute atomic E-state index is 12.2. The number of carbonyl (C=O) groups excluding carboxylic acids is 1. The van der Waals surface area contributed by atoms with E-state index in [4.69, 9.17) is 0 Å². The molecule has 0 bridgehead atoms. The highest BCUT2D eigenvalue weighted by Gasteiger charge is 2.40. The van der Waals surface area contributed by atoms with Crippen LogP contribution < -0.4 is 5.32 Å². The fourth-order valence-corrected chi connectivity index (χ4v) is 4.12. The third-order valence-electron chi connectivity index (χ3n) is 3.03. The van der Waals surface area contributed by atoms with Crippen LogP contribution in [0.3, 0.4) is 0 Å². The fraction of sp³-hybridized carbons (Fsp3) is 0.833. The largest absolute Gasteiger partial charge is 0.480 e. The number of amides is 2. The average Bonchev–Trinajstić information content (AvgIpc) is 2.78. The van der Waals surface area contributed by atoms with Gasteiger partial charge < -0.3 is 10.4 Å². The van der Waals surface area contributed by atoms with Crippen LogP contribution in [0.4, 0.5) is 4.79 Å². The zero-order valence-corrected chi connectivity index (χ0v) is 13.5. The second kappa shape index (κ2) is 8.51. The molecule has 0 aliphatic carbocycles. The molecule has 0 radical (unpaired) electrons. The first kappa shape index (κ1) is 17.3. The van der Waals surface area contributed by atoms with Gasteiger partial charge in [-0.15, -0.1) is 11.8 Å². The van der Waals surface area contributed by atoms with Crippen LogP contribution in [0.2, 0.25) is 0 Å². The quantitative estimate of drug-likeness (QED) is 0.685. The van der Waals surface area contributed by atoms with E-state index < -0.39 is 22.8 Å². The topological polar surface area (TPSA) is 86.7 Å². The van der Waals surface area contributed by atoms with Crippen molar-refractivity contribution in [3.63, 3.8) is 0 Å². The van der Waals surface area contributed by atoms with Crippen molar-refractivity contribution in [2.45, 2.75) is 37.6 Å². The molecule has 0 aromatic heterocycles. The van der Waals surface area contributed by atoms with Crippen LogP contribution in [0.25, 0.3) is 0 Å². The van der Waals surface area contributed by atoms with Gasteiger partial charge in [0, 0.05) is 35.1 Å². The highest BCUT2D eigenvalue weighted by molar-refractivity contribution is 8.00. The Hall–Kier alpha value is -0.760. The van der Waals surface area contributed by atoms with E-state index in [-0.39, 0.29) is 11.4 Å². The Kier molecular flexibility index (Phi) is 7.36. The summed E-state index contributed by atoms with van der Waals surface area (Å²) < 4.78 is 10.9. The molecule has 0 aromatic carbocycles. The molecule has 2 amide bonds. The Morgan fingerprint density at radius 3 is 2.75 bits per heavy atom. The van der Waals surface area contributed by atoms with E-state index in [1.807, 2.05) is 6.92 Å². The molecule has 1 fully saturated rings. The molecule has 3 atom stereocenters. The first-order valence-electron chi connectivity index (χ1n) is 6.68. The molecule has 1 aliphatic rings. The number of hydrogen-bond donors (Lipinski definition) is 2. The molecule has 1 heterocycles. The number of carbonyl (C=O) groups is 2. The van der Waals surface area contributed by atoms with Crippen molar-refractivity contribution in [2.75, 3.05) is 24.3 Å². The summed E-state index contributed by atoms with van der Waals surface area (Å²) in [6.07, 6.45) is 3.95. The van der Waals surface area contributed by atoms with Gasteiger partial charge in [0.2, 0.25) is 0 Å². The predicted molar refractivity (Wildman–Crippen MR) is 81.4 cm³/mol. The lowest BCUT2D eigenvalue weighted by Crippen LogP contribution is -2.50. The molecule has 20 heavy (non-hydrogen) atoms. The van der Waals surface area contributed by atoms with Crippen molar-refractivity contribution in [1.82, 2.24) is 10.2 Å². The van der Waals surface area contributed by atoms with E-state index in [0.717, 1.165) is 12.8 Å². The van der Waals surface area contributed by atoms with Crippen molar-refractivity contribution in [3.8, 4) is 0 Å². The van der Waals surface area contributed by atoms with E-state index in [2.05, 4.69) is 5.32 Å². The monoisotopic (exact) mass is 322 g/mol. The van der Waals surface area contributed by atoms with Gasteiger partial charge in [-0.3, -0.25) is 9.11 Å². The van der Waals surface area contributed by atoms with Crippen LogP contribution in [0, 0.1) is 0 Å². The number of urea groups is 1. The number of rotatable bonds is 7. The molecule has 116 valence electrons. The summed E-state index contributed by atoms with van der Waals surface area (Å²) in [4.78, 5) is 24.8. The van der Waals surface area contributed by atoms with Gasteiger partial charge in [0.15, 0.2) is 0 Å². The maximum atomic E-state index is 12.2. The third kappa shape index (κ3) is 4.97. The summed E-state index contributed by atoms with van der Waals surface area (Å²) in [5, 5.41) is 11.8. The van der Waals surface area contributed by atoms with Crippen LogP contribution >= 0.6 is 11.8 Å². The number of nitrogens with one attached hydrogen (secondary N) is 1. The minimum Gasteiger partial charge on any atom is -0.480 e. The van der Waals surface area contributed by atoms with Crippen LogP contribution in [-0.4, -0.2) is 61.9 Å². The van der Waals surface area contributed by atoms with Gasteiger partial charge in [-0.1, -0.05) is 13.3 Å². The number of carboxylic acids is 1. The Labute approximate surface area is 126 Å². The van der Waals surface area contributed by atoms with Gasteiger partial charge in [0.05, 0.1) is 5.37 Å². The van der Waals surface area contributed by atoms with Crippen molar-refractivity contribution in [2.24, 2.45) is 0 Å². The summed E-state index contributed by atoms with van der Waals surface area (Å²) in [6.45, 7) is 2.44. The molecular weight excluding hydrogens is 300 g/mol. The standard InChI is InChI=1S/C12H22N2O4S2/c1-3-5-10-14(9(8-19-10)11(15)16)12(17)13-6-4-7-20(2)18/h9-10H,3-8H2,1-2H3,(H,13,17)(H,15,16). The highest BCUT2D eigenvalue weighted by Crippen LogP contribution is 2.32. The number of hydrogen-bond acceptors (Lipinski definition) is 4. The van der Waals surface area contributed by atoms with Gasteiger partial charge in [0.25, 0.3) is 0 Å². The first-order valence-corrected chi connectivity index (χ1v) is 9.45. The van der Waals surface area contributed by atoms with Gasteiger partial charge >= 0.3 is 12.0 Å². The molecule has 0 saturated carbocycles. The highest BCUT2D eigenvalue weighted by atomic mass is 32.2. The molecule has 6 nitrogen and oxygen atoms in total. The molecule has 8 heteroatoms. The molecule has 1 aliphatic heterocycles. The van der Waals surface area contributed by atoms with E-state index in [1.165, 1.54) is 16.7 Å². The summed E-state index contributed by atoms with van der Waals surface area (Å²) >= 11 is 1.52. The van der Waals surface area contributed by atoms with Crippen molar-refractivity contribution in [1.29, 1.82) is 0 Å². The number of aliphatic carboxylic acids is 1. The second-order valence-corrected chi connectivity index (χ2v) is 7.47. The maximum Gasteiger partial charge on any atom is 0.327 e. The fourth-order valence-electron chi connectivity index (χ4n) is 2.06. The number of carboxylic acid groups (broad SMARTS) is 1. The molecule has 1 rings (SSSR count). The minimum absolute atomic E-state index is 0.0681. The van der Waals surface area contributed by atoms with Crippen molar-refractivity contribution in [3.05, 3.63) is 0 Å². The normalized spacial score (nSPS) is 23.6. The molecule has 1 saturated heterocycles. The zero-order chi connectivity index (χ0) is 15.1. The lowest BCUT2D eigenvalue weighted by atomic mass is 10.2. The summed E-state index contributed by atoms with van der Waals surface area (Å²) in [5.74, 6) is 0.0169. The SMILES string of the molecule is CCCC1SCC(C(=O)O)N1C(=O)NCCCS(C)=O. The zero-order valence-electron chi connectivity index (χ0n) is 11.8. The Balaban J connectivity index is 2.55. The van der Waals surface area contributed by atoms with Gasteiger partial charge in [-0.25, -0.2) is 9.59 Å². The molecular formula is C12H22N2O4S2.